The Kier molecular flexibility index (Phi) is 6.39. The highest BCUT2D eigenvalue weighted by Crippen LogP contribution is 2.21. The summed E-state index contributed by atoms with van der Waals surface area (Å²) in [6.45, 7) is 2.70. The minimum Gasteiger partial charge on any atom is -0.494 e. The highest BCUT2D eigenvalue weighted by Gasteiger charge is 2.11. The van der Waals surface area contributed by atoms with Gasteiger partial charge in [0.05, 0.1) is 37.1 Å². The number of carbonyl (C=O) groups excluding carboxylic acids is 2. The molecular weight excluding hydrogens is 320 g/mol. The number of nitrogen functional groups attached to an aromatic ring is 1. The number of rotatable bonds is 7. The molecule has 1 amide bonds. The number of amides is 1. The second-order valence-electron chi connectivity index (χ2n) is 5.51. The summed E-state index contributed by atoms with van der Waals surface area (Å²) in [6, 6.07) is 12.0. The van der Waals surface area contributed by atoms with Crippen LogP contribution in [-0.2, 0) is 16.0 Å². The number of ether oxygens (including phenoxy) is 2. The van der Waals surface area contributed by atoms with Crippen LogP contribution in [0.15, 0.2) is 42.5 Å². The standard InChI is InChI=1S/C19H22N2O4/c1-3-10-25-15-7-4-13(5-8-15)11-18(22)21-17-12-14(19(23)24-2)6-9-16(17)20/h4-9,12H,3,10-11,20H2,1-2H3,(H,21,22). The average Bonchev–Trinajstić information content (AvgIpc) is 2.62. The van der Waals surface area contributed by atoms with Crippen LogP contribution in [0.3, 0.4) is 0 Å². The van der Waals surface area contributed by atoms with Crippen molar-refractivity contribution in [1.29, 1.82) is 0 Å². The van der Waals surface area contributed by atoms with Gasteiger partial charge in [-0.1, -0.05) is 19.1 Å². The Labute approximate surface area is 146 Å². The molecule has 2 aromatic rings. The Hall–Kier alpha value is -3.02. The Morgan fingerprint density at radius 3 is 2.48 bits per heavy atom. The monoisotopic (exact) mass is 342 g/mol. The van der Waals surface area contributed by atoms with E-state index in [4.69, 9.17) is 10.5 Å². The predicted octanol–water partition coefficient (Wildman–Crippen LogP) is 3.03. The van der Waals surface area contributed by atoms with Crippen LogP contribution in [0.1, 0.15) is 29.3 Å². The molecule has 2 aromatic carbocycles. The number of esters is 1. The second kappa shape index (κ2) is 8.73. The quantitative estimate of drug-likeness (QED) is 0.596. The molecule has 0 atom stereocenters. The topological polar surface area (TPSA) is 90.6 Å². The first-order valence-corrected chi connectivity index (χ1v) is 8.03. The van der Waals surface area contributed by atoms with E-state index in [9.17, 15) is 9.59 Å². The number of nitrogens with one attached hydrogen (secondary N) is 1. The number of methoxy groups -OCH3 is 1. The molecule has 0 bridgehead atoms. The summed E-state index contributed by atoms with van der Waals surface area (Å²) in [5, 5.41) is 2.72. The van der Waals surface area contributed by atoms with E-state index in [1.807, 2.05) is 31.2 Å². The van der Waals surface area contributed by atoms with Crippen LogP contribution < -0.4 is 15.8 Å². The summed E-state index contributed by atoms with van der Waals surface area (Å²) >= 11 is 0. The van der Waals surface area contributed by atoms with Crippen molar-refractivity contribution in [1.82, 2.24) is 0 Å². The fourth-order valence-electron chi connectivity index (χ4n) is 2.21. The maximum atomic E-state index is 12.2. The lowest BCUT2D eigenvalue weighted by molar-refractivity contribution is -0.115. The molecule has 132 valence electrons. The number of carbonyl (C=O) groups is 2. The van der Waals surface area contributed by atoms with E-state index in [-0.39, 0.29) is 12.3 Å². The molecule has 0 fully saturated rings. The van der Waals surface area contributed by atoms with Gasteiger partial charge in [-0.2, -0.15) is 0 Å². The molecule has 0 aliphatic carbocycles. The third kappa shape index (κ3) is 5.24. The van der Waals surface area contributed by atoms with E-state index in [1.54, 1.807) is 12.1 Å². The van der Waals surface area contributed by atoms with Crippen molar-refractivity contribution >= 4 is 23.3 Å². The van der Waals surface area contributed by atoms with E-state index in [1.165, 1.54) is 13.2 Å². The van der Waals surface area contributed by atoms with Crippen LogP contribution in [0.5, 0.6) is 5.75 Å². The van der Waals surface area contributed by atoms with Gasteiger partial charge in [0.15, 0.2) is 0 Å². The zero-order valence-electron chi connectivity index (χ0n) is 14.4. The molecule has 0 heterocycles. The van der Waals surface area contributed by atoms with Gasteiger partial charge in [0.25, 0.3) is 0 Å². The molecule has 6 nitrogen and oxygen atoms in total. The first-order valence-electron chi connectivity index (χ1n) is 8.03. The second-order valence-corrected chi connectivity index (χ2v) is 5.51. The Balaban J connectivity index is 2.01. The summed E-state index contributed by atoms with van der Waals surface area (Å²) in [5.41, 5.74) is 7.79. The average molecular weight is 342 g/mol. The zero-order chi connectivity index (χ0) is 18.2. The predicted molar refractivity (Wildman–Crippen MR) is 96.8 cm³/mol. The summed E-state index contributed by atoms with van der Waals surface area (Å²) in [7, 11) is 1.30. The first kappa shape index (κ1) is 18.3. The van der Waals surface area contributed by atoms with Crippen molar-refractivity contribution in [3.8, 4) is 5.75 Å². The van der Waals surface area contributed by atoms with E-state index < -0.39 is 5.97 Å². The fraction of sp³-hybridized carbons (Fsp3) is 0.263. The molecule has 0 aromatic heterocycles. The lowest BCUT2D eigenvalue weighted by atomic mass is 10.1. The Bertz CT molecular complexity index is 742. The van der Waals surface area contributed by atoms with Crippen LogP contribution >= 0.6 is 0 Å². The van der Waals surface area contributed by atoms with Crippen molar-refractivity contribution in [3.05, 3.63) is 53.6 Å². The SMILES string of the molecule is CCCOc1ccc(CC(=O)Nc2cc(C(=O)OC)ccc2N)cc1. The molecule has 0 unspecified atom stereocenters. The number of anilines is 2. The molecule has 6 heteroatoms. The minimum atomic E-state index is -0.488. The summed E-state index contributed by atoms with van der Waals surface area (Å²) < 4.78 is 10.2. The molecule has 0 saturated heterocycles. The van der Waals surface area contributed by atoms with Crippen molar-refractivity contribution in [2.45, 2.75) is 19.8 Å². The Morgan fingerprint density at radius 2 is 1.84 bits per heavy atom. The minimum absolute atomic E-state index is 0.190. The molecule has 3 N–H and O–H groups in total. The van der Waals surface area contributed by atoms with Crippen LogP contribution in [0.4, 0.5) is 11.4 Å². The number of nitrogens with two attached hydrogens (primary N) is 1. The summed E-state index contributed by atoms with van der Waals surface area (Å²) in [5.74, 6) is 0.0649. The Morgan fingerprint density at radius 1 is 1.12 bits per heavy atom. The van der Waals surface area contributed by atoms with Gasteiger partial charge in [-0.05, 0) is 42.3 Å². The van der Waals surface area contributed by atoms with E-state index in [0.717, 1.165) is 17.7 Å². The molecule has 0 spiro atoms. The number of hydrogen-bond donors (Lipinski definition) is 2. The van der Waals surface area contributed by atoms with Crippen LogP contribution in [0.2, 0.25) is 0 Å². The highest BCUT2D eigenvalue weighted by atomic mass is 16.5. The van der Waals surface area contributed by atoms with E-state index in [2.05, 4.69) is 10.1 Å². The molecule has 25 heavy (non-hydrogen) atoms. The number of benzene rings is 2. The van der Waals surface area contributed by atoms with Crippen molar-refractivity contribution in [2.75, 3.05) is 24.8 Å². The van der Waals surface area contributed by atoms with Gasteiger partial charge in [-0.3, -0.25) is 4.79 Å². The largest absolute Gasteiger partial charge is 0.494 e. The summed E-state index contributed by atoms with van der Waals surface area (Å²) in [4.78, 5) is 23.8. The van der Waals surface area contributed by atoms with Gasteiger partial charge in [0, 0.05) is 0 Å². The summed E-state index contributed by atoms with van der Waals surface area (Å²) in [6.07, 6.45) is 1.13. The van der Waals surface area contributed by atoms with E-state index >= 15 is 0 Å². The van der Waals surface area contributed by atoms with Gasteiger partial charge in [0.2, 0.25) is 5.91 Å². The third-order valence-electron chi connectivity index (χ3n) is 3.51. The lowest BCUT2D eigenvalue weighted by Crippen LogP contribution is -2.16. The smallest absolute Gasteiger partial charge is 0.337 e. The van der Waals surface area contributed by atoms with Crippen molar-refractivity contribution in [3.63, 3.8) is 0 Å². The van der Waals surface area contributed by atoms with Crippen LogP contribution in [-0.4, -0.2) is 25.6 Å². The van der Waals surface area contributed by atoms with Gasteiger partial charge >= 0.3 is 5.97 Å². The van der Waals surface area contributed by atoms with Gasteiger partial charge in [-0.25, -0.2) is 4.79 Å². The molecular formula is C19H22N2O4. The maximum Gasteiger partial charge on any atom is 0.337 e. The van der Waals surface area contributed by atoms with E-state index in [0.29, 0.717) is 23.5 Å². The maximum absolute atomic E-state index is 12.2. The zero-order valence-corrected chi connectivity index (χ0v) is 14.4. The van der Waals surface area contributed by atoms with Gasteiger partial charge in [-0.15, -0.1) is 0 Å². The first-order chi connectivity index (χ1) is 12.0. The molecule has 0 aliphatic heterocycles. The third-order valence-corrected chi connectivity index (χ3v) is 3.51. The molecule has 0 saturated carbocycles. The highest BCUT2D eigenvalue weighted by molar-refractivity contribution is 5.98. The van der Waals surface area contributed by atoms with Crippen molar-refractivity contribution < 1.29 is 19.1 Å². The fourth-order valence-corrected chi connectivity index (χ4v) is 2.21. The number of hydrogen-bond acceptors (Lipinski definition) is 5. The normalized spacial score (nSPS) is 10.2. The molecule has 0 aliphatic rings. The van der Waals surface area contributed by atoms with Crippen molar-refractivity contribution in [2.24, 2.45) is 0 Å². The molecule has 2 rings (SSSR count). The van der Waals surface area contributed by atoms with Crippen LogP contribution in [0.25, 0.3) is 0 Å². The van der Waals surface area contributed by atoms with Gasteiger partial charge in [0.1, 0.15) is 5.75 Å². The molecule has 0 radical (unpaired) electrons. The van der Waals surface area contributed by atoms with Gasteiger partial charge < -0.3 is 20.5 Å². The van der Waals surface area contributed by atoms with Crippen LogP contribution in [0, 0.1) is 0 Å². The lowest BCUT2D eigenvalue weighted by Gasteiger charge is -2.10.